The van der Waals surface area contributed by atoms with Crippen LogP contribution in [0.15, 0.2) is 55.1 Å². The minimum absolute atomic E-state index is 0.0633. The molecule has 1 aliphatic carbocycles. The lowest BCUT2D eigenvalue weighted by Gasteiger charge is -2.17. The molecule has 1 N–H and O–H groups in total. The molecule has 1 aliphatic rings. The molecule has 0 aromatic heterocycles. The van der Waals surface area contributed by atoms with Crippen LogP contribution in [0.3, 0.4) is 0 Å². The molecule has 1 amide bonds. The fourth-order valence-corrected chi connectivity index (χ4v) is 3.09. The molecule has 0 spiro atoms. The SMILES string of the molecule is C=CCOc1cccc(NC(=O)C2(c3cc(C)cc(C)c3)CC2)c1. The summed E-state index contributed by atoms with van der Waals surface area (Å²) in [5, 5.41) is 3.05. The Morgan fingerprint density at radius 3 is 2.54 bits per heavy atom. The number of aryl methyl sites for hydroxylation is 2. The minimum Gasteiger partial charge on any atom is -0.489 e. The molecule has 1 fully saturated rings. The van der Waals surface area contributed by atoms with Gasteiger partial charge in [-0.2, -0.15) is 0 Å². The first-order valence-electron chi connectivity index (χ1n) is 8.27. The number of hydrogen-bond acceptors (Lipinski definition) is 2. The fourth-order valence-electron chi connectivity index (χ4n) is 3.09. The van der Waals surface area contributed by atoms with Crippen molar-refractivity contribution in [3.63, 3.8) is 0 Å². The number of carbonyl (C=O) groups is 1. The van der Waals surface area contributed by atoms with Crippen LogP contribution < -0.4 is 10.1 Å². The summed E-state index contributed by atoms with van der Waals surface area (Å²) in [5.74, 6) is 0.789. The monoisotopic (exact) mass is 321 g/mol. The van der Waals surface area contributed by atoms with E-state index in [1.807, 2.05) is 24.3 Å². The van der Waals surface area contributed by atoms with E-state index >= 15 is 0 Å². The highest BCUT2D eigenvalue weighted by molar-refractivity contribution is 6.01. The maximum atomic E-state index is 12.9. The third-order valence-electron chi connectivity index (χ3n) is 4.42. The summed E-state index contributed by atoms with van der Waals surface area (Å²) in [6.07, 6.45) is 3.49. The van der Waals surface area contributed by atoms with Crippen molar-refractivity contribution in [1.29, 1.82) is 0 Å². The second-order valence-corrected chi connectivity index (χ2v) is 6.54. The van der Waals surface area contributed by atoms with Crippen molar-refractivity contribution in [2.75, 3.05) is 11.9 Å². The quantitative estimate of drug-likeness (QED) is 0.793. The maximum Gasteiger partial charge on any atom is 0.235 e. The molecule has 2 aromatic rings. The first-order valence-corrected chi connectivity index (χ1v) is 8.27. The van der Waals surface area contributed by atoms with Gasteiger partial charge in [0.25, 0.3) is 0 Å². The predicted molar refractivity (Wildman–Crippen MR) is 97.6 cm³/mol. The number of hydrogen-bond donors (Lipinski definition) is 1. The molecule has 0 aliphatic heterocycles. The molecular formula is C21H23NO2. The summed E-state index contributed by atoms with van der Waals surface area (Å²) < 4.78 is 5.53. The maximum absolute atomic E-state index is 12.9. The zero-order valence-electron chi connectivity index (χ0n) is 14.3. The molecular weight excluding hydrogens is 298 g/mol. The predicted octanol–water partition coefficient (Wildman–Crippen LogP) is 4.54. The zero-order valence-corrected chi connectivity index (χ0v) is 14.3. The van der Waals surface area contributed by atoms with Crippen LogP contribution in [0.1, 0.15) is 29.5 Å². The lowest BCUT2D eigenvalue weighted by molar-refractivity contribution is -0.118. The lowest BCUT2D eigenvalue weighted by atomic mass is 9.92. The normalized spacial score (nSPS) is 14.8. The van der Waals surface area contributed by atoms with Crippen molar-refractivity contribution in [3.8, 4) is 5.75 Å². The fraction of sp³-hybridized carbons (Fsp3) is 0.286. The average molecular weight is 321 g/mol. The molecule has 1 saturated carbocycles. The lowest BCUT2D eigenvalue weighted by Crippen LogP contribution is -2.28. The summed E-state index contributed by atoms with van der Waals surface area (Å²) >= 11 is 0. The van der Waals surface area contributed by atoms with Crippen molar-refractivity contribution >= 4 is 11.6 Å². The van der Waals surface area contributed by atoms with Gasteiger partial charge in [-0.05, 0) is 44.4 Å². The molecule has 3 nitrogen and oxygen atoms in total. The first-order chi connectivity index (χ1) is 11.5. The van der Waals surface area contributed by atoms with Crippen LogP contribution in [0.25, 0.3) is 0 Å². The first kappa shape index (κ1) is 16.3. The Labute approximate surface area is 143 Å². The van der Waals surface area contributed by atoms with Gasteiger partial charge in [-0.1, -0.05) is 48.0 Å². The number of rotatable bonds is 6. The minimum atomic E-state index is -0.380. The van der Waals surface area contributed by atoms with Crippen LogP contribution in [-0.2, 0) is 10.2 Å². The summed E-state index contributed by atoms with van der Waals surface area (Å²) in [6, 6.07) is 13.9. The van der Waals surface area contributed by atoms with Crippen LogP contribution in [0.2, 0.25) is 0 Å². The molecule has 124 valence electrons. The highest BCUT2D eigenvalue weighted by Gasteiger charge is 2.51. The molecule has 24 heavy (non-hydrogen) atoms. The van der Waals surface area contributed by atoms with Gasteiger partial charge in [-0.15, -0.1) is 0 Å². The highest BCUT2D eigenvalue weighted by atomic mass is 16.5. The molecule has 0 atom stereocenters. The molecule has 3 rings (SSSR count). The molecule has 0 unspecified atom stereocenters. The van der Waals surface area contributed by atoms with Gasteiger partial charge in [-0.3, -0.25) is 4.79 Å². The Kier molecular flexibility index (Phi) is 4.43. The third kappa shape index (κ3) is 3.35. The van der Waals surface area contributed by atoms with Crippen LogP contribution in [0, 0.1) is 13.8 Å². The summed E-state index contributed by atoms with van der Waals surface area (Å²) in [6.45, 7) is 8.24. The van der Waals surface area contributed by atoms with E-state index in [9.17, 15) is 4.79 Å². The van der Waals surface area contributed by atoms with Gasteiger partial charge >= 0.3 is 0 Å². The van der Waals surface area contributed by atoms with Gasteiger partial charge in [0.1, 0.15) is 12.4 Å². The standard InChI is InChI=1S/C21H23NO2/c1-4-10-24-19-7-5-6-18(14-19)22-20(23)21(8-9-21)17-12-15(2)11-16(3)13-17/h4-7,11-14H,1,8-10H2,2-3H3,(H,22,23). The van der Waals surface area contributed by atoms with E-state index in [0.29, 0.717) is 6.61 Å². The van der Waals surface area contributed by atoms with E-state index in [1.165, 1.54) is 11.1 Å². The van der Waals surface area contributed by atoms with Crippen molar-refractivity contribution in [1.82, 2.24) is 0 Å². The Balaban J connectivity index is 1.78. The Morgan fingerprint density at radius 1 is 1.21 bits per heavy atom. The second-order valence-electron chi connectivity index (χ2n) is 6.54. The van der Waals surface area contributed by atoms with Crippen LogP contribution in [0.5, 0.6) is 5.75 Å². The molecule has 2 aromatic carbocycles. The van der Waals surface area contributed by atoms with E-state index in [2.05, 4.69) is 43.9 Å². The number of anilines is 1. The molecule has 3 heteroatoms. The van der Waals surface area contributed by atoms with E-state index in [4.69, 9.17) is 4.74 Å². The largest absolute Gasteiger partial charge is 0.489 e. The third-order valence-corrected chi connectivity index (χ3v) is 4.42. The van der Waals surface area contributed by atoms with Crippen molar-refractivity contribution < 1.29 is 9.53 Å². The van der Waals surface area contributed by atoms with Crippen molar-refractivity contribution in [2.45, 2.75) is 32.1 Å². The number of ether oxygens (including phenoxy) is 1. The summed E-state index contributed by atoms with van der Waals surface area (Å²) in [5.41, 5.74) is 3.90. The van der Waals surface area contributed by atoms with Crippen molar-refractivity contribution in [3.05, 3.63) is 71.8 Å². The van der Waals surface area contributed by atoms with Gasteiger partial charge in [-0.25, -0.2) is 0 Å². The smallest absolute Gasteiger partial charge is 0.235 e. The van der Waals surface area contributed by atoms with Gasteiger partial charge in [0.2, 0.25) is 5.91 Å². The highest BCUT2D eigenvalue weighted by Crippen LogP contribution is 2.49. The van der Waals surface area contributed by atoms with E-state index in [-0.39, 0.29) is 11.3 Å². The molecule has 0 bridgehead atoms. The van der Waals surface area contributed by atoms with Crippen LogP contribution in [0.4, 0.5) is 5.69 Å². The second kappa shape index (κ2) is 6.52. The van der Waals surface area contributed by atoms with Crippen molar-refractivity contribution in [2.24, 2.45) is 0 Å². The molecule has 0 saturated heterocycles. The molecule has 0 radical (unpaired) electrons. The zero-order chi connectivity index (χ0) is 17.2. The topological polar surface area (TPSA) is 38.3 Å². The van der Waals surface area contributed by atoms with E-state index < -0.39 is 0 Å². The Hall–Kier alpha value is -2.55. The number of carbonyl (C=O) groups excluding carboxylic acids is 1. The van der Waals surface area contributed by atoms with Gasteiger partial charge in [0.15, 0.2) is 0 Å². The van der Waals surface area contributed by atoms with Crippen LogP contribution >= 0.6 is 0 Å². The number of benzene rings is 2. The van der Waals surface area contributed by atoms with Gasteiger partial charge in [0, 0.05) is 11.8 Å². The van der Waals surface area contributed by atoms with E-state index in [0.717, 1.165) is 29.8 Å². The average Bonchev–Trinajstić information content (AvgIpc) is 3.34. The van der Waals surface area contributed by atoms with E-state index in [1.54, 1.807) is 6.08 Å². The van der Waals surface area contributed by atoms with Gasteiger partial charge in [0.05, 0.1) is 5.41 Å². The van der Waals surface area contributed by atoms with Crippen LogP contribution in [-0.4, -0.2) is 12.5 Å². The Bertz CT molecular complexity index is 755. The van der Waals surface area contributed by atoms with Gasteiger partial charge < -0.3 is 10.1 Å². The Morgan fingerprint density at radius 2 is 1.92 bits per heavy atom. The number of amides is 1. The number of nitrogens with one attached hydrogen (secondary N) is 1. The summed E-state index contributed by atoms with van der Waals surface area (Å²) in [4.78, 5) is 12.9. The summed E-state index contributed by atoms with van der Waals surface area (Å²) in [7, 11) is 0. The molecule has 0 heterocycles.